The van der Waals surface area contributed by atoms with Crippen molar-refractivity contribution in [2.45, 2.75) is 12.8 Å². The van der Waals surface area contributed by atoms with Crippen molar-refractivity contribution < 1.29 is 13.9 Å². The summed E-state index contributed by atoms with van der Waals surface area (Å²) in [4.78, 5) is 18.7. The minimum Gasteiger partial charge on any atom is -0.494 e. The average molecular weight is 329 g/mol. The molecule has 2 aromatic rings. The van der Waals surface area contributed by atoms with Crippen molar-refractivity contribution in [2.24, 2.45) is 11.8 Å². The van der Waals surface area contributed by atoms with Crippen molar-refractivity contribution in [1.29, 1.82) is 0 Å². The van der Waals surface area contributed by atoms with Crippen molar-refractivity contribution in [1.82, 2.24) is 10.3 Å². The molecule has 0 aliphatic carbocycles. The maximum Gasteiger partial charge on any atom is 0.225 e. The lowest BCUT2D eigenvalue weighted by molar-refractivity contribution is -0.129. The quantitative estimate of drug-likeness (QED) is 0.919. The smallest absolute Gasteiger partial charge is 0.225 e. The third kappa shape index (κ3) is 2.46. The van der Waals surface area contributed by atoms with Gasteiger partial charge in [-0.05, 0) is 30.9 Å². The Morgan fingerprint density at radius 3 is 3.08 bits per heavy atom. The van der Waals surface area contributed by atoms with Gasteiger partial charge >= 0.3 is 0 Å². The Kier molecular flexibility index (Phi) is 3.75. The molecule has 0 spiro atoms. The predicted molar refractivity (Wildman–Crippen MR) is 89.7 cm³/mol. The summed E-state index contributed by atoms with van der Waals surface area (Å²) in [6.07, 6.45) is 3.75. The van der Waals surface area contributed by atoms with Crippen molar-refractivity contribution in [3.8, 4) is 5.75 Å². The summed E-state index contributed by atoms with van der Waals surface area (Å²) in [6, 6.07) is 5.03. The van der Waals surface area contributed by atoms with Crippen LogP contribution in [0.1, 0.15) is 12.8 Å². The maximum atomic E-state index is 13.9. The molecule has 2 aliphatic heterocycles. The van der Waals surface area contributed by atoms with Crippen LogP contribution in [-0.4, -0.2) is 37.6 Å². The van der Waals surface area contributed by atoms with E-state index < -0.39 is 5.82 Å². The van der Waals surface area contributed by atoms with Crippen LogP contribution in [-0.2, 0) is 4.79 Å². The zero-order valence-corrected chi connectivity index (χ0v) is 13.6. The van der Waals surface area contributed by atoms with Crippen molar-refractivity contribution in [3.63, 3.8) is 0 Å². The molecular weight excluding hydrogens is 309 g/mol. The van der Waals surface area contributed by atoms with Crippen molar-refractivity contribution in [3.05, 3.63) is 30.2 Å². The molecule has 1 aromatic carbocycles. The lowest BCUT2D eigenvalue weighted by atomic mass is 9.80. The van der Waals surface area contributed by atoms with Gasteiger partial charge in [-0.3, -0.25) is 9.78 Å². The molecule has 0 radical (unpaired) electrons. The summed E-state index contributed by atoms with van der Waals surface area (Å²) in [7, 11) is 1.46. The maximum absolute atomic E-state index is 13.9. The zero-order chi connectivity index (χ0) is 16.7. The molecule has 3 heterocycles. The first-order chi connectivity index (χ1) is 11.7. The normalized spacial score (nSPS) is 23.8. The number of hydrogen-bond donors (Lipinski definition) is 1. The highest BCUT2D eigenvalue weighted by molar-refractivity contribution is 5.93. The number of nitrogens with zero attached hydrogens (tertiary/aromatic N) is 2. The second-order valence-corrected chi connectivity index (χ2v) is 6.51. The summed E-state index contributed by atoms with van der Waals surface area (Å²) in [5.74, 6) is 0.438. The van der Waals surface area contributed by atoms with Crippen LogP contribution in [0, 0.1) is 17.7 Å². The van der Waals surface area contributed by atoms with Gasteiger partial charge in [-0.2, -0.15) is 0 Å². The van der Waals surface area contributed by atoms with E-state index in [0.717, 1.165) is 37.0 Å². The highest BCUT2D eigenvalue weighted by Gasteiger charge is 2.37. The van der Waals surface area contributed by atoms with E-state index in [4.69, 9.17) is 4.74 Å². The molecule has 1 aromatic heterocycles. The summed E-state index contributed by atoms with van der Waals surface area (Å²) in [5, 5.41) is 3.82. The molecule has 2 atom stereocenters. The number of carbonyl (C=O) groups excluding carboxylic acids is 1. The Balaban J connectivity index is 1.72. The van der Waals surface area contributed by atoms with Gasteiger partial charge in [0.1, 0.15) is 0 Å². The standard InChI is InChI=1S/C18H20FN3O2/c1-24-17-8-12-15(9-14(17)19)20-6-3-16(12)22-7-4-11-2-5-21-18(23)13(11)10-22/h3,6,8-9,11,13H,2,4-5,7,10H2,1H3,(H,21,23)/t11-,13+/m0/s1. The topological polar surface area (TPSA) is 54.5 Å². The van der Waals surface area contributed by atoms with Gasteiger partial charge in [-0.15, -0.1) is 0 Å². The Labute approximate surface area is 139 Å². The molecule has 126 valence electrons. The van der Waals surface area contributed by atoms with Gasteiger partial charge in [0.2, 0.25) is 5.91 Å². The first-order valence-electron chi connectivity index (χ1n) is 8.32. The molecule has 1 amide bonds. The third-order valence-corrected chi connectivity index (χ3v) is 5.24. The summed E-state index contributed by atoms with van der Waals surface area (Å²) in [6.45, 7) is 2.37. The Morgan fingerprint density at radius 2 is 2.25 bits per heavy atom. The highest BCUT2D eigenvalue weighted by Crippen LogP contribution is 2.36. The number of ether oxygens (including phenoxy) is 1. The van der Waals surface area contributed by atoms with Crippen LogP contribution in [0.2, 0.25) is 0 Å². The average Bonchev–Trinajstić information content (AvgIpc) is 2.60. The van der Waals surface area contributed by atoms with Crippen molar-refractivity contribution >= 4 is 22.5 Å². The van der Waals surface area contributed by atoms with E-state index in [0.29, 0.717) is 18.0 Å². The molecule has 4 rings (SSSR count). The number of anilines is 1. The van der Waals surface area contributed by atoms with Gasteiger partial charge in [0, 0.05) is 43.0 Å². The monoisotopic (exact) mass is 329 g/mol. The number of benzene rings is 1. The number of aromatic nitrogens is 1. The molecule has 0 saturated carbocycles. The van der Waals surface area contributed by atoms with Gasteiger partial charge < -0.3 is 15.0 Å². The molecule has 5 nitrogen and oxygen atoms in total. The molecule has 24 heavy (non-hydrogen) atoms. The van der Waals surface area contributed by atoms with E-state index in [1.165, 1.54) is 13.2 Å². The zero-order valence-electron chi connectivity index (χ0n) is 13.6. The number of halogens is 1. The second kappa shape index (κ2) is 5.92. The van der Waals surface area contributed by atoms with Gasteiger partial charge in [-0.25, -0.2) is 4.39 Å². The number of carbonyl (C=O) groups is 1. The Morgan fingerprint density at radius 1 is 1.38 bits per heavy atom. The minimum absolute atomic E-state index is 0.0260. The lowest BCUT2D eigenvalue weighted by Crippen LogP contribution is -2.51. The van der Waals surface area contributed by atoms with Crippen LogP contribution in [0.4, 0.5) is 10.1 Å². The number of pyridine rings is 1. The summed E-state index contributed by atoms with van der Waals surface area (Å²) in [5.41, 5.74) is 1.58. The largest absolute Gasteiger partial charge is 0.494 e. The molecule has 2 aliphatic rings. The summed E-state index contributed by atoms with van der Waals surface area (Å²) < 4.78 is 19.0. The van der Waals surface area contributed by atoms with Gasteiger partial charge in [0.25, 0.3) is 0 Å². The second-order valence-electron chi connectivity index (χ2n) is 6.51. The van der Waals surface area contributed by atoms with Crippen LogP contribution in [0.3, 0.4) is 0 Å². The van der Waals surface area contributed by atoms with Crippen LogP contribution >= 0.6 is 0 Å². The van der Waals surface area contributed by atoms with Crippen LogP contribution in [0.15, 0.2) is 24.4 Å². The fraction of sp³-hybridized carbons (Fsp3) is 0.444. The minimum atomic E-state index is -0.417. The molecule has 0 bridgehead atoms. The van der Waals surface area contributed by atoms with Crippen LogP contribution in [0.25, 0.3) is 10.9 Å². The van der Waals surface area contributed by atoms with E-state index in [2.05, 4.69) is 15.2 Å². The predicted octanol–water partition coefficient (Wildman–Crippen LogP) is 2.34. The first kappa shape index (κ1) is 15.2. The number of rotatable bonds is 2. The van der Waals surface area contributed by atoms with E-state index in [1.54, 1.807) is 12.3 Å². The highest BCUT2D eigenvalue weighted by atomic mass is 19.1. The number of methoxy groups -OCH3 is 1. The molecule has 2 saturated heterocycles. The molecule has 0 unspecified atom stereocenters. The third-order valence-electron chi connectivity index (χ3n) is 5.24. The molecule has 1 N–H and O–H groups in total. The van der Waals surface area contributed by atoms with Gasteiger partial charge in [0.15, 0.2) is 11.6 Å². The van der Waals surface area contributed by atoms with E-state index >= 15 is 0 Å². The van der Waals surface area contributed by atoms with Crippen LogP contribution < -0.4 is 15.0 Å². The lowest BCUT2D eigenvalue weighted by Gasteiger charge is -2.41. The van der Waals surface area contributed by atoms with Crippen molar-refractivity contribution in [2.75, 3.05) is 31.6 Å². The number of piperidine rings is 2. The molecular formula is C18H20FN3O2. The molecule has 6 heteroatoms. The summed E-state index contributed by atoms with van der Waals surface area (Å²) >= 11 is 0. The fourth-order valence-corrected chi connectivity index (χ4v) is 3.94. The van der Waals surface area contributed by atoms with E-state index in [-0.39, 0.29) is 17.6 Å². The number of fused-ring (bicyclic) bond motifs is 2. The number of hydrogen-bond acceptors (Lipinski definition) is 4. The van der Waals surface area contributed by atoms with Gasteiger partial charge in [-0.1, -0.05) is 0 Å². The first-order valence-corrected chi connectivity index (χ1v) is 8.32. The number of nitrogens with one attached hydrogen (secondary N) is 1. The number of amides is 1. The SMILES string of the molecule is COc1cc2c(N3CC[C@@H]4CCNC(=O)[C@@H]4C3)ccnc2cc1F. The fourth-order valence-electron chi connectivity index (χ4n) is 3.94. The van der Waals surface area contributed by atoms with Crippen LogP contribution in [0.5, 0.6) is 5.75 Å². The Bertz CT molecular complexity index is 795. The Hall–Kier alpha value is -2.37. The van der Waals surface area contributed by atoms with E-state index in [1.807, 2.05) is 6.07 Å². The van der Waals surface area contributed by atoms with Gasteiger partial charge in [0.05, 0.1) is 18.5 Å². The molecule has 2 fully saturated rings. The van der Waals surface area contributed by atoms with E-state index in [9.17, 15) is 9.18 Å².